The number of nitrogens with zero attached hydrogens (tertiary/aromatic N) is 2. The summed E-state index contributed by atoms with van der Waals surface area (Å²) in [5.41, 5.74) is 3.84. The van der Waals surface area contributed by atoms with Gasteiger partial charge in [-0.1, -0.05) is 37.3 Å². The Bertz CT molecular complexity index is 806. The molecular weight excluding hydrogens is 328 g/mol. The molecule has 1 fully saturated rings. The van der Waals surface area contributed by atoms with Gasteiger partial charge in [0.25, 0.3) is 5.91 Å². The minimum absolute atomic E-state index is 0.0481. The lowest BCUT2D eigenvalue weighted by atomic mass is 10.1. The van der Waals surface area contributed by atoms with Crippen LogP contribution in [0.2, 0.25) is 0 Å². The van der Waals surface area contributed by atoms with Gasteiger partial charge in [0.15, 0.2) is 0 Å². The molecule has 1 unspecified atom stereocenters. The molecule has 1 heterocycles. The smallest absolute Gasteiger partial charge is 0.308 e. The molecule has 5 nitrogen and oxygen atoms in total. The second kappa shape index (κ2) is 7.36. The van der Waals surface area contributed by atoms with Gasteiger partial charge in [-0.25, -0.2) is 0 Å². The lowest BCUT2D eigenvalue weighted by Gasteiger charge is -2.24. The molecule has 1 atom stereocenters. The second-order valence-corrected chi connectivity index (χ2v) is 7.28. The van der Waals surface area contributed by atoms with E-state index in [2.05, 4.69) is 16.7 Å². The van der Waals surface area contributed by atoms with Crippen LogP contribution in [0.25, 0.3) is 0 Å². The first-order valence-electron chi connectivity index (χ1n) is 9.13. The number of hydrogen-bond acceptors (Lipinski definition) is 2. The number of rotatable bonds is 7. The Kier molecular flexibility index (Phi) is 5.16. The molecule has 0 aliphatic heterocycles. The van der Waals surface area contributed by atoms with E-state index >= 15 is 0 Å². The van der Waals surface area contributed by atoms with Gasteiger partial charge in [0, 0.05) is 30.5 Å². The van der Waals surface area contributed by atoms with Gasteiger partial charge >= 0.3 is 5.97 Å². The first kappa shape index (κ1) is 18.2. The Morgan fingerprint density at radius 2 is 1.88 bits per heavy atom. The molecule has 1 aromatic heterocycles. The van der Waals surface area contributed by atoms with E-state index in [1.807, 2.05) is 38.1 Å². The summed E-state index contributed by atoms with van der Waals surface area (Å²) in [6.45, 7) is 6.62. The van der Waals surface area contributed by atoms with Gasteiger partial charge in [-0.2, -0.15) is 0 Å². The van der Waals surface area contributed by atoms with Crippen LogP contribution in [0.5, 0.6) is 0 Å². The van der Waals surface area contributed by atoms with E-state index in [4.69, 9.17) is 0 Å². The summed E-state index contributed by atoms with van der Waals surface area (Å²) in [5, 5.41) is 9.21. The Morgan fingerprint density at radius 3 is 2.46 bits per heavy atom. The molecule has 1 amide bonds. The Hall–Kier alpha value is -2.56. The maximum Gasteiger partial charge on any atom is 0.308 e. The molecule has 5 heteroatoms. The highest BCUT2D eigenvalue weighted by molar-refractivity contribution is 5.96. The van der Waals surface area contributed by atoms with Gasteiger partial charge in [0.05, 0.1) is 11.5 Å². The number of amides is 1. The van der Waals surface area contributed by atoms with Crippen molar-refractivity contribution in [1.29, 1.82) is 0 Å². The first-order chi connectivity index (χ1) is 12.4. The van der Waals surface area contributed by atoms with Crippen molar-refractivity contribution in [1.82, 2.24) is 9.47 Å². The van der Waals surface area contributed by atoms with E-state index in [9.17, 15) is 14.7 Å². The summed E-state index contributed by atoms with van der Waals surface area (Å²) in [5.74, 6) is -1.47. The molecule has 1 aliphatic carbocycles. The van der Waals surface area contributed by atoms with Gasteiger partial charge in [0.1, 0.15) is 0 Å². The highest BCUT2D eigenvalue weighted by Crippen LogP contribution is 2.30. The summed E-state index contributed by atoms with van der Waals surface area (Å²) in [4.78, 5) is 26.1. The lowest BCUT2D eigenvalue weighted by Crippen LogP contribution is -2.38. The predicted octanol–water partition coefficient (Wildman–Crippen LogP) is 3.48. The SMILES string of the molecule is Cc1cc(C(=O)N(CC(C)C(=O)O)C2CC2)c(C)n1Cc1ccccc1. The summed E-state index contributed by atoms with van der Waals surface area (Å²) in [6.07, 6.45) is 1.92. The van der Waals surface area contributed by atoms with E-state index in [0.717, 1.165) is 30.8 Å². The van der Waals surface area contributed by atoms with Gasteiger partial charge in [-0.05, 0) is 38.3 Å². The number of carboxylic acids is 1. The van der Waals surface area contributed by atoms with Crippen molar-refractivity contribution in [3.05, 3.63) is 58.9 Å². The van der Waals surface area contributed by atoms with Crippen molar-refractivity contribution in [2.45, 2.75) is 46.2 Å². The van der Waals surface area contributed by atoms with Crippen molar-refractivity contribution < 1.29 is 14.7 Å². The highest BCUT2D eigenvalue weighted by Gasteiger charge is 2.36. The zero-order chi connectivity index (χ0) is 18.8. The summed E-state index contributed by atoms with van der Waals surface area (Å²) in [7, 11) is 0. The number of benzene rings is 1. The van der Waals surface area contributed by atoms with Crippen LogP contribution < -0.4 is 0 Å². The van der Waals surface area contributed by atoms with Gasteiger partial charge in [-0.3, -0.25) is 9.59 Å². The van der Waals surface area contributed by atoms with Crippen molar-refractivity contribution in [2.24, 2.45) is 5.92 Å². The largest absolute Gasteiger partial charge is 0.481 e. The molecule has 0 bridgehead atoms. The average molecular weight is 354 g/mol. The van der Waals surface area contributed by atoms with Crippen molar-refractivity contribution in [3.8, 4) is 0 Å². The molecule has 3 rings (SSSR count). The third kappa shape index (κ3) is 3.82. The standard InChI is InChI=1S/C21H26N2O3/c1-14(21(25)26)12-23(18-9-10-18)20(24)19-11-15(2)22(16(19)3)13-17-7-5-4-6-8-17/h4-8,11,14,18H,9-10,12-13H2,1-3H3,(H,25,26). The van der Waals surface area contributed by atoms with Crippen molar-refractivity contribution in [3.63, 3.8) is 0 Å². The van der Waals surface area contributed by atoms with E-state index in [1.165, 1.54) is 5.56 Å². The zero-order valence-electron chi connectivity index (χ0n) is 15.6. The van der Waals surface area contributed by atoms with Gasteiger partial charge in [0.2, 0.25) is 0 Å². The molecule has 26 heavy (non-hydrogen) atoms. The van der Waals surface area contributed by atoms with Crippen molar-refractivity contribution in [2.75, 3.05) is 6.54 Å². The summed E-state index contributed by atoms with van der Waals surface area (Å²) < 4.78 is 2.15. The monoisotopic (exact) mass is 354 g/mol. The molecule has 1 aromatic carbocycles. The van der Waals surface area contributed by atoms with Crippen LogP contribution in [0.1, 0.15) is 47.1 Å². The van der Waals surface area contributed by atoms with Crippen LogP contribution in [0.4, 0.5) is 0 Å². The van der Waals surface area contributed by atoms with E-state index in [-0.39, 0.29) is 18.5 Å². The zero-order valence-corrected chi connectivity index (χ0v) is 15.6. The average Bonchev–Trinajstić information content (AvgIpc) is 3.42. The Morgan fingerprint density at radius 1 is 1.23 bits per heavy atom. The normalized spacial score (nSPS) is 14.9. The number of aliphatic carboxylic acids is 1. The maximum atomic E-state index is 13.1. The number of carbonyl (C=O) groups excluding carboxylic acids is 1. The number of aromatic nitrogens is 1. The summed E-state index contributed by atoms with van der Waals surface area (Å²) in [6, 6.07) is 12.3. The highest BCUT2D eigenvalue weighted by atomic mass is 16.4. The Balaban J connectivity index is 1.84. The number of carboxylic acid groups (broad SMARTS) is 1. The minimum atomic E-state index is -0.863. The fraction of sp³-hybridized carbons (Fsp3) is 0.429. The number of hydrogen-bond donors (Lipinski definition) is 1. The molecular formula is C21H26N2O3. The van der Waals surface area contributed by atoms with Crippen LogP contribution in [0, 0.1) is 19.8 Å². The topological polar surface area (TPSA) is 62.5 Å². The molecule has 0 radical (unpaired) electrons. The Labute approximate surface area is 154 Å². The minimum Gasteiger partial charge on any atom is -0.481 e. The van der Waals surface area contributed by atoms with Crippen LogP contribution in [0.3, 0.4) is 0 Å². The quantitative estimate of drug-likeness (QED) is 0.828. The summed E-state index contributed by atoms with van der Waals surface area (Å²) >= 11 is 0. The van der Waals surface area contributed by atoms with Crippen LogP contribution in [-0.2, 0) is 11.3 Å². The maximum absolute atomic E-state index is 13.1. The third-order valence-corrected chi connectivity index (χ3v) is 5.13. The second-order valence-electron chi connectivity index (χ2n) is 7.28. The fourth-order valence-corrected chi connectivity index (χ4v) is 3.34. The van der Waals surface area contributed by atoms with Crippen LogP contribution >= 0.6 is 0 Å². The first-order valence-corrected chi connectivity index (χ1v) is 9.13. The molecule has 2 aromatic rings. The molecule has 138 valence electrons. The van der Waals surface area contributed by atoms with E-state index < -0.39 is 11.9 Å². The van der Waals surface area contributed by atoms with Crippen LogP contribution in [-0.4, -0.2) is 39.0 Å². The van der Waals surface area contributed by atoms with Crippen LogP contribution in [0.15, 0.2) is 36.4 Å². The fourth-order valence-electron chi connectivity index (χ4n) is 3.34. The van der Waals surface area contributed by atoms with Gasteiger partial charge < -0.3 is 14.6 Å². The van der Waals surface area contributed by atoms with Crippen molar-refractivity contribution >= 4 is 11.9 Å². The molecule has 0 spiro atoms. The number of carbonyl (C=O) groups is 2. The number of aryl methyl sites for hydroxylation is 1. The third-order valence-electron chi connectivity index (χ3n) is 5.13. The predicted molar refractivity (Wildman–Crippen MR) is 100 cm³/mol. The van der Waals surface area contributed by atoms with E-state index in [0.29, 0.717) is 5.56 Å². The molecule has 1 saturated carbocycles. The van der Waals surface area contributed by atoms with Gasteiger partial charge in [-0.15, -0.1) is 0 Å². The molecule has 1 aliphatic rings. The molecule has 0 saturated heterocycles. The molecule has 1 N–H and O–H groups in total. The lowest BCUT2D eigenvalue weighted by molar-refractivity contribution is -0.141. The van der Waals surface area contributed by atoms with E-state index in [1.54, 1.807) is 11.8 Å².